The third-order valence-corrected chi connectivity index (χ3v) is 6.25. The Balaban J connectivity index is 1.36. The van der Waals surface area contributed by atoms with Gasteiger partial charge in [-0.15, -0.1) is 10.2 Å². The number of rotatable bonds is 3. The minimum Gasteiger partial charge on any atom is -0.506 e. The number of para-hydroxylation sites is 1. The molecule has 0 atom stereocenters. The van der Waals surface area contributed by atoms with Crippen LogP contribution < -0.4 is 16.1 Å². The predicted molar refractivity (Wildman–Crippen MR) is 132 cm³/mol. The van der Waals surface area contributed by atoms with Crippen LogP contribution in [0.3, 0.4) is 0 Å². The average molecular weight is 498 g/mol. The fourth-order valence-corrected chi connectivity index (χ4v) is 4.62. The Kier molecular flexibility index (Phi) is 5.37. The number of pyridine rings is 1. The van der Waals surface area contributed by atoms with E-state index in [0.717, 1.165) is 11.3 Å². The molecule has 0 aliphatic carbocycles. The maximum Gasteiger partial charge on any atom is 0.325 e. The number of nitrogens with zero attached hydrogens (tertiary/aromatic N) is 2. The highest BCUT2D eigenvalue weighted by Gasteiger charge is 2.16. The van der Waals surface area contributed by atoms with Crippen molar-refractivity contribution in [1.82, 2.24) is 15.2 Å². The molecule has 0 spiro atoms. The molecule has 3 aromatic carbocycles. The molecule has 5 rings (SSSR count). The number of anilines is 2. The number of nitrogens with one attached hydrogen (secondary N) is 3. The van der Waals surface area contributed by atoms with Gasteiger partial charge in [-0.25, -0.2) is 4.79 Å². The lowest BCUT2D eigenvalue weighted by Gasteiger charge is -2.07. The first kappa shape index (κ1) is 21.2. The van der Waals surface area contributed by atoms with E-state index in [9.17, 15) is 14.7 Å². The molecule has 2 aromatic heterocycles. The number of hydrogen-bond donors (Lipinski definition) is 4. The molecule has 2 amide bonds. The first-order valence-corrected chi connectivity index (χ1v) is 11.1. The third-order valence-electron chi connectivity index (χ3n) is 4.87. The van der Waals surface area contributed by atoms with Crippen molar-refractivity contribution in [3.63, 3.8) is 0 Å². The summed E-state index contributed by atoms with van der Waals surface area (Å²) in [5, 5.41) is 25.4. The Morgan fingerprint density at radius 1 is 0.970 bits per heavy atom. The standard InChI is InChI=1S/C22H13Cl2N5O3S/c23-10-7-14(19(31)15(24)8-10)20-28-29-22(33-20)27-21(32)25-11-5-6-13-17(9-11)26-16-4-2-1-3-12(16)18(13)30/h1-9,31H,(H,26,30)(H2,25,27,29,32). The van der Waals surface area contributed by atoms with E-state index in [0.29, 0.717) is 43.1 Å². The van der Waals surface area contributed by atoms with Crippen LogP contribution in [0.15, 0.2) is 59.4 Å². The number of phenols is 1. The fourth-order valence-electron chi connectivity index (χ4n) is 3.37. The van der Waals surface area contributed by atoms with E-state index in [1.807, 2.05) is 18.2 Å². The van der Waals surface area contributed by atoms with Crippen LogP contribution in [-0.4, -0.2) is 26.3 Å². The minimum atomic E-state index is -0.548. The summed E-state index contributed by atoms with van der Waals surface area (Å²) < 4.78 is 0. The van der Waals surface area contributed by atoms with Crippen LogP contribution in [0.2, 0.25) is 10.0 Å². The summed E-state index contributed by atoms with van der Waals surface area (Å²) in [5.41, 5.74) is 2.02. The highest BCUT2D eigenvalue weighted by Crippen LogP contribution is 2.39. The number of aromatic hydroxyl groups is 1. The lowest BCUT2D eigenvalue weighted by molar-refractivity contribution is 0.262. The zero-order valence-corrected chi connectivity index (χ0v) is 18.8. The zero-order valence-electron chi connectivity index (χ0n) is 16.5. The summed E-state index contributed by atoms with van der Waals surface area (Å²) in [5.74, 6) is -0.175. The Morgan fingerprint density at radius 3 is 2.61 bits per heavy atom. The quantitative estimate of drug-likeness (QED) is 0.233. The highest BCUT2D eigenvalue weighted by molar-refractivity contribution is 7.18. The van der Waals surface area contributed by atoms with Crippen molar-refractivity contribution in [2.24, 2.45) is 0 Å². The highest BCUT2D eigenvalue weighted by atomic mass is 35.5. The molecule has 0 saturated heterocycles. The van der Waals surface area contributed by atoms with E-state index in [1.165, 1.54) is 12.1 Å². The van der Waals surface area contributed by atoms with E-state index in [4.69, 9.17) is 23.2 Å². The van der Waals surface area contributed by atoms with Gasteiger partial charge in [-0.05, 0) is 42.5 Å². The van der Waals surface area contributed by atoms with Gasteiger partial charge in [0.2, 0.25) is 5.13 Å². The van der Waals surface area contributed by atoms with Gasteiger partial charge in [0, 0.05) is 27.0 Å². The Hall–Kier alpha value is -3.66. The molecule has 164 valence electrons. The Morgan fingerprint density at radius 2 is 1.76 bits per heavy atom. The van der Waals surface area contributed by atoms with Crippen molar-refractivity contribution < 1.29 is 9.90 Å². The molecular formula is C22H13Cl2N5O3S. The monoisotopic (exact) mass is 497 g/mol. The van der Waals surface area contributed by atoms with Gasteiger partial charge in [0.15, 0.2) is 10.4 Å². The lowest BCUT2D eigenvalue weighted by atomic mass is 10.1. The molecular weight excluding hydrogens is 485 g/mol. The Labute approximate surface area is 199 Å². The maximum atomic E-state index is 12.7. The molecule has 0 aliphatic heterocycles. The van der Waals surface area contributed by atoms with E-state index in [2.05, 4.69) is 25.8 Å². The molecule has 0 fully saturated rings. The van der Waals surface area contributed by atoms with Crippen molar-refractivity contribution in [3.8, 4) is 16.3 Å². The molecule has 0 unspecified atom stereocenters. The molecule has 4 N–H and O–H groups in total. The predicted octanol–water partition coefficient (Wildman–Crippen LogP) is 5.86. The number of benzene rings is 3. The van der Waals surface area contributed by atoms with Gasteiger partial charge in [-0.3, -0.25) is 10.1 Å². The molecule has 8 nitrogen and oxygen atoms in total. The molecule has 5 aromatic rings. The fraction of sp³-hybridized carbons (Fsp3) is 0. The molecule has 11 heteroatoms. The van der Waals surface area contributed by atoms with Gasteiger partial charge in [-0.2, -0.15) is 0 Å². The average Bonchev–Trinajstić information content (AvgIpc) is 3.24. The zero-order chi connectivity index (χ0) is 23.1. The second-order valence-corrected chi connectivity index (χ2v) is 8.86. The molecule has 2 heterocycles. The number of urea groups is 1. The molecule has 0 saturated carbocycles. The Bertz CT molecular complexity index is 1620. The van der Waals surface area contributed by atoms with Crippen molar-refractivity contribution in [3.05, 3.63) is 74.9 Å². The van der Waals surface area contributed by atoms with Crippen LogP contribution in [0.25, 0.3) is 32.4 Å². The summed E-state index contributed by atoms with van der Waals surface area (Å²) >= 11 is 13.0. The van der Waals surface area contributed by atoms with Crippen LogP contribution in [0.1, 0.15) is 0 Å². The van der Waals surface area contributed by atoms with Gasteiger partial charge in [0.25, 0.3) is 0 Å². The van der Waals surface area contributed by atoms with E-state index in [1.54, 1.807) is 24.3 Å². The van der Waals surface area contributed by atoms with E-state index in [-0.39, 0.29) is 21.3 Å². The van der Waals surface area contributed by atoms with E-state index < -0.39 is 6.03 Å². The van der Waals surface area contributed by atoms with Crippen molar-refractivity contribution in [2.45, 2.75) is 0 Å². The van der Waals surface area contributed by atoms with E-state index >= 15 is 0 Å². The first-order valence-electron chi connectivity index (χ1n) is 9.54. The van der Waals surface area contributed by atoms with Crippen molar-refractivity contribution in [2.75, 3.05) is 10.6 Å². The second kappa shape index (κ2) is 8.36. The molecule has 0 radical (unpaired) electrons. The summed E-state index contributed by atoms with van der Waals surface area (Å²) in [4.78, 5) is 28.4. The number of carbonyl (C=O) groups is 1. The van der Waals surface area contributed by atoms with Gasteiger partial charge < -0.3 is 15.4 Å². The van der Waals surface area contributed by atoms with Crippen LogP contribution >= 0.6 is 34.5 Å². The van der Waals surface area contributed by atoms with Gasteiger partial charge >= 0.3 is 6.03 Å². The van der Waals surface area contributed by atoms with Gasteiger partial charge in [0.05, 0.1) is 16.1 Å². The van der Waals surface area contributed by atoms with Crippen LogP contribution in [0.5, 0.6) is 5.75 Å². The molecule has 0 bridgehead atoms. The SMILES string of the molecule is O=C(Nc1ccc2c(=O)c3ccccc3[nH]c2c1)Nc1nnc(-c2cc(Cl)cc(Cl)c2O)s1. The lowest BCUT2D eigenvalue weighted by Crippen LogP contribution is -2.19. The number of hydrogen-bond acceptors (Lipinski definition) is 6. The topological polar surface area (TPSA) is 120 Å². The minimum absolute atomic E-state index is 0.0823. The number of halogens is 2. The smallest absolute Gasteiger partial charge is 0.325 e. The number of aromatic amines is 1. The number of fused-ring (bicyclic) bond motifs is 2. The summed E-state index contributed by atoms with van der Waals surface area (Å²) in [6.07, 6.45) is 0. The summed E-state index contributed by atoms with van der Waals surface area (Å²) in [7, 11) is 0. The maximum absolute atomic E-state index is 12.7. The number of carbonyl (C=O) groups excluding carboxylic acids is 1. The normalized spacial score (nSPS) is 11.1. The van der Waals surface area contributed by atoms with Crippen LogP contribution in [0, 0.1) is 0 Å². The molecule has 0 aliphatic rings. The summed E-state index contributed by atoms with van der Waals surface area (Å²) in [6.45, 7) is 0. The van der Waals surface area contributed by atoms with Crippen molar-refractivity contribution in [1.29, 1.82) is 0 Å². The van der Waals surface area contributed by atoms with Gasteiger partial charge in [0.1, 0.15) is 5.75 Å². The van der Waals surface area contributed by atoms with Crippen LogP contribution in [0.4, 0.5) is 15.6 Å². The number of amides is 2. The number of H-pyrrole nitrogens is 1. The largest absolute Gasteiger partial charge is 0.506 e. The third kappa shape index (κ3) is 4.09. The van der Waals surface area contributed by atoms with Crippen LogP contribution in [-0.2, 0) is 0 Å². The van der Waals surface area contributed by atoms with Crippen molar-refractivity contribution >= 4 is 73.2 Å². The first-order chi connectivity index (χ1) is 15.9. The summed E-state index contributed by atoms with van der Waals surface area (Å²) in [6, 6.07) is 14.6. The molecule has 33 heavy (non-hydrogen) atoms. The second-order valence-electron chi connectivity index (χ2n) is 7.04. The van der Waals surface area contributed by atoms with Gasteiger partial charge in [-0.1, -0.05) is 46.7 Å². The number of phenolic OH excluding ortho intramolecular Hbond substituents is 1. The number of aromatic nitrogens is 3.